The normalized spacial score (nSPS) is 10.7. The highest BCUT2D eigenvalue weighted by Crippen LogP contribution is 2.26. The molecule has 0 radical (unpaired) electrons. The van der Waals surface area contributed by atoms with Crippen LogP contribution in [0.2, 0.25) is 0 Å². The number of halogens is 2. The van der Waals surface area contributed by atoms with Crippen molar-refractivity contribution in [2.75, 3.05) is 0 Å². The Bertz CT molecular complexity index is 482. The van der Waals surface area contributed by atoms with Gasteiger partial charge < -0.3 is 10.1 Å². The quantitative estimate of drug-likeness (QED) is 0.826. The van der Waals surface area contributed by atoms with Gasteiger partial charge in [0.15, 0.2) is 0 Å². The highest BCUT2D eigenvalue weighted by atomic mass is 79.9. The number of carboxylic acids is 1. The topological polar surface area (TPSA) is 53.1 Å². The molecule has 0 fully saturated rings. The number of carboxylic acid groups (broad SMARTS) is 1. The average Bonchev–Trinajstić information content (AvgIpc) is 2.57. The molecular formula is C9H5BrFNO2. The van der Waals surface area contributed by atoms with E-state index >= 15 is 0 Å². The maximum Gasteiger partial charge on any atom is 0.352 e. The zero-order valence-electron chi connectivity index (χ0n) is 6.84. The molecule has 1 aromatic heterocycles. The number of rotatable bonds is 1. The molecule has 0 unspecified atom stereocenters. The number of hydrogen-bond donors (Lipinski definition) is 2. The first-order valence-corrected chi connectivity index (χ1v) is 4.59. The van der Waals surface area contributed by atoms with E-state index in [0.717, 1.165) is 0 Å². The molecule has 1 heterocycles. The van der Waals surface area contributed by atoms with Crippen LogP contribution in [0.25, 0.3) is 10.9 Å². The lowest BCUT2D eigenvalue weighted by Crippen LogP contribution is -1.94. The van der Waals surface area contributed by atoms with Gasteiger partial charge in [0, 0.05) is 9.86 Å². The molecule has 2 rings (SSSR count). The minimum absolute atomic E-state index is 0.0224. The fourth-order valence-electron chi connectivity index (χ4n) is 1.27. The minimum atomic E-state index is -1.10. The largest absolute Gasteiger partial charge is 0.477 e. The Labute approximate surface area is 86.7 Å². The second-order valence-corrected chi connectivity index (χ2v) is 3.66. The highest BCUT2D eigenvalue weighted by Gasteiger charge is 2.12. The van der Waals surface area contributed by atoms with Gasteiger partial charge in [-0.05, 0) is 34.1 Å². The van der Waals surface area contributed by atoms with Crippen molar-refractivity contribution in [2.24, 2.45) is 0 Å². The summed E-state index contributed by atoms with van der Waals surface area (Å²) in [5.74, 6) is -1.54. The summed E-state index contributed by atoms with van der Waals surface area (Å²) in [5, 5.41) is 8.97. The van der Waals surface area contributed by atoms with Crippen LogP contribution in [0.1, 0.15) is 10.5 Å². The van der Waals surface area contributed by atoms with E-state index in [1.165, 1.54) is 18.2 Å². The lowest BCUT2D eigenvalue weighted by molar-refractivity contribution is 0.0691. The van der Waals surface area contributed by atoms with E-state index < -0.39 is 11.8 Å². The Kier molecular flexibility index (Phi) is 2.03. The van der Waals surface area contributed by atoms with Crippen LogP contribution in [0, 0.1) is 5.82 Å². The Hall–Kier alpha value is -1.36. The monoisotopic (exact) mass is 257 g/mol. The molecule has 1 aromatic carbocycles. The fraction of sp³-hybridized carbons (Fsp3) is 0. The van der Waals surface area contributed by atoms with Crippen molar-refractivity contribution in [1.82, 2.24) is 4.98 Å². The molecule has 0 amide bonds. The van der Waals surface area contributed by atoms with Gasteiger partial charge in [-0.2, -0.15) is 0 Å². The van der Waals surface area contributed by atoms with E-state index in [2.05, 4.69) is 20.9 Å². The summed E-state index contributed by atoms with van der Waals surface area (Å²) in [6.45, 7) is 0. The number of carbonyl (C=O) groups is 1. The van der Waals surface area contributed by atoms with Gasteiger partial charge >= 0.3 is 5.97 Å². The Morgan fingerprint density at radius 2 is 2.21 bits per heavy atom. The van der Waals surface area contributed by atoms with E-state index in [0.29, 0.717) is 9.99 Å². The van der Waals surface area contributed by atoms with Gasteiger partial charge in [-0.1, -0.05) is 0 Å². The molecule has 14 heavy (non-hydrogen) atoms. The second kappa shape index (κ2) is 3.09. The lowest BCUT2D eigenvalue weighted by Gasteiger charge is -1.94. The number of aromatic nitrogens is 1. The first-order valence-electron chi connectivity index (χ1n) is 3.79. The number of benzene rings is 1. The number of aromatic amines is 1. The summed E-state index contributed by atoms with van der Waals surface area (Å²) in [5.41, 5.74) is 0.438. The maximum absolute atomic E-state index is 13.2. The second-order valence-electron chi connectivity index (χ2n) is 2.81. The molecule has 0 aliphatic heterocycles. The van der Waals surface area contributed by atoms with Gasteiger partial charge in [-0.15, -0.1) is 0 Å². The summed E-state index contributed by atoms with van der Waals surface area (Å²) < 4.78 is 13.8. The van der Waals surface area contributed by atoms with E-state index in [4.69, 9.17) is 5.11 Å². The summed E-state index contributed by atoms with van der Waals surface area (Å²) in [4.78, 5) is 13.2. The van der Waals surface area contributed by atoms with Gasteiger partial charge in [-0.3, -0.25) is 0 Å². The molecule has 0 bridgehead atoms. The first kappa shape index (κ1) is 9.21. The summed E-state index contributed by atoms with van der Waals surface area (Å²) in [6.07, 6.45) is 0. The van der Waals surface area contributed by atoms with Gasteiger partial charge in [0.25, 0.3) is 0 Å². The molecule has 2 aromatic rings. The molecular weight excluding hydrogens is 253 g/mol. The molecule has 2 N–H and O–H groups in total. The van der Waals surface area contributed by atoms with Crippen LogP contribution in [0.15, 0.2) is 22.7 Å². The lowest BCUT2D eigenvalue weighted by atomic mass is 10.2. The summed E-state index contributed by atoms with van der Waals surface area (Å²) >= 11 is 3.20. The molecule has 5 heteroatoms. The van der Waals surface area contributed by atoms with Crippen LogP contribution < -0.4 is 0 Å². The van der Waals surface area contributed by atoms with Crippen LogP contribution >= 0.6 is 15.9 Å². The van der Waals surface area contributed by atoms with Gasteiger partial charge in [0.05, 0.1) is 5.52 Å². The predicted molar refractivity (Wildman–Crippen MR) is 52.9 cm³/mol. The van der Waals surface area contributed by atoms with Crippen molar-refractivity contribution >= 4 is 32.8 Å². The molecule has 0 aliphatic rings. The van der Waals surface area contributed by atoms with Crippen molar-refractivity contribution in [1.29, 1.82) is 0 Å². The van der Waals surface area contributed by atoms with Crippen molar-refractivity contribution < 1.29 is 14.3 Å². The number of nitrogens with one attached hydrogen (secondary N) is 1. The molecule has 0 saturated heterocycles. The van der Waals surface area contributed by atoms with E-state index in [1.54, 1.807) is 0 Å². The van der Waals surface area contributed by atoms with Crippen molar-refractivity contribution in [3.8, 4) is 0 Å². The third-order valence-corrected chi connectivity index (χ3v) is 2.58. The molecule has 0 atom stereocenters. The molecule has 0 saturated carbocycles. The summed E-state index contributed by atoms with van der Waals surface area (Å²) in [6, 6.07) is 4.09. The number of hydrogen-bond acceptors (Lipinski definition) is 1. The van der Waals surface area contributed by atoms with E-state index in [-0.39, 0.29) is 11.1 Å². The number of H-pyrrole nitrogens is 1. The Balaban J connectivity index is 2.82. The van der Waals surface area contributed by atoms with Crippen LogP contribution in [-0.4, -0.2) is 16.1 Å². The third-order valence-electron chi connectivity index (χ3n) is 1.92. The smallest absolute Gasteiger partial charge is 0.352 e. The predicted octanol–water partition coefficient (Wildman–Crippen LogP) is 2.77. The number of fused-ring (bicyclic) bond motifs is 1. The zero-order valence-corrected chi connectivity index (χ0v) is 8.43. The molecule has 0 aliphatic carbocycles. The first-order chi connectivity index (χ1) is 6.59. The Morgan fingerprint density at radius 3 is 2.79 bits per heavy atom. The average molecular weight is 258 g/mol. The van der Waals surface area contributed by atoms with Gasteiger partial charge in [0.1, 0.15) is 11.5 Å². The van der Waals surface area contributed by atoms with Crippen molar-refractivity contribution in [3.05, 3.63) is 34.2 Å². The van der Waals surface area contributed by atoms with E-state index in [1.807, 2.05) is 0 Å². The number of aromatic carboxylic acids is 1. The SMILES string of the molecule is O=C(O)c1cc2c(F)ccc(Br)c2[nH]1. The van der Waals surface area contributed by atoms with Gasteiger partial charge in [0.2, 0.25) is 0 Å². The van der Waals surface area contributed by atoms with Crippen LogP contribution in [-0.2, 0) is 0 Å². The third kappa shape index (κ3) is 1.29. The molecule has 0 spiro atoms. The Morgan fingerprint density at radius 1 is 1.50 bits per heavy atom. The summed E-state index contributed by atoms with van der Waals surface area (Å²) in [7, 11) is 0. The maximum atomic E-state index is 13.2. The minimum Gasteiger partial charge on any atom is -0.477 e. The standard InChI is InChI=1S/C9H5BrFNO2/c10-5-1-2-6(11)4-3-7(9(13)14)12-8(4)5/h1-3,12H,(H,13,14). The molecule has 72 valence electrons. The fourth-order valence-corrected chi connectivity index (χ4v) is 1.71. The van der Waals surface area contributed by atoms with Crippen LogP contribution in [0.4, 0.5) is 4.39 Å². The zero-order chi connectivity index (χ0) is 10.3. The van der Waals surface area contributed by atoms with Gasteiger partial charge in [-0.25, -0.2) is 9.18 Å². The van der Waals surface area contributed by atoms with Crippen LogP contribution in [0.3, 0.4) is 0 Å². The van der Waals surface area contributed by atoms with Crippen molar-refractivity contribution in [2.45, 2.75) is 0 Å². The van der Waals surface area contributed by atoms with Crippen molar-refractivity contribution in [3.63, 3.8) is 0 Å². The van der Waals surface area contributed by atoms with E-state index in [9.17, 15) is 9.18 Å². The van der Waals surface area contributed by atoms with Crippen LogP contribution in [0.5, 0.6) is 0 Å². The highest BCUT2D eigenvalue weighted by molar-refractivity contribution is 9.10. The molecule has 3 nitrogen and oxygen atoms in total.